The van der Waals surface area contributed by atoms with Crippen LogP contribution in [0.1, 0.15) is 23.7 Å². The van der Waals surface area contributed by atoms with E-state index < -0.39 is 0 Å². The smallest absolute Gasteiger partial charge is 0.252 e. The monoisotopic (exact) mass is 261 g/mol. The molecule has 72 valence electrons. The molecule has 2 nitrogen and oxygen atoms in total. The van der Waals surface area contributed by atoms with Gasteiger partial charge in [-0.05, 0) is 17.9 Å². The number of nitrogens with one attached hydrogen (secondary N) is 1. The minimum absolute atomic E-state index is 0.0131. The molecule has 0 saturated carbocycles. The van der Waals surface area contributed by atoms with E-state index >= 15 is 0 Å². The molecule has 1 aromatic heterocycles. The second-order valence-electron chi connectivity index (χ2n) is 2.73. The maximum absolute atomic E-state index is 11.4. The Kier molecular flexibility index (Phi) is 4.45. The standard InChI is InChI=1S/C9H12BrNOS/c1-2-8(10)5-11-9(12)7-3-4-13-6-7/h3-4,6,8H,2,5H2,1H3,(H,11,12). The average Bonchev–Trinajstić information content (AvgIpc) is 2.66. The van der Waals surface area contributed by atoms with Gasteiger partial charge in [-0.15, -0.1) is 0 Å². The third kappa shape index (κ3) is 3.48. The molecule has 1 N–H and O–H groups in total. The third-order valence-electron chi connectivity index (χ3n) is 1.71. The molecule has 0 aromatic carbocycles. The largest absolute Gasteiger partial charge is 0.351 e. The summed E-state index contributed by atoms with van der Waals surface area (Å²) in [6, 6.07) is 1.83. The third-order valence-corrected chi connectivity index (χ3v) is 3.36. The van der Waals surface area contributed by atoms with Crippen molar-refractivity contribution in [2.45, 2.75) is 18.2 Å². The van der Waals surface area contributed by atoms with E-state index in [0.717, 1.165) is 12.0 Å². The summed E-state index contributed by atoms with van der Waals surface area (Å²) in [6.07, 6.45) is 1.02. The number of carbonyl (C=O) groups is 1. The Bertz CT molecular complexity index is 261. The number of hydrogen-bond donors (Lipinski definition) is 1. The van der Waals surface area contributed by atoms with Crippen LogP contribution in [0.15, 0.2) is 16.8 Å². The summed E-state index contributed by atoms with van der Waals surface area (Å²) in [5.74, 6) is 0.0131. The molecule has 0 bridgehead atoms. The molecule has 0 saturated heterocycles. The zero-order valence-electron chi connectivity index (χ0n) is 7.42. The van der Waals surface area contributed by atoms with Gasteiger partial charge in [-0.1, -0.05) is 22.9 Å². The highest BCUT2D eigenvalue weighted by Crippen LogP contribution is 2.06. The Morgan fingerprint density at radius 1 is 1.77 bits per heavy atom. The Labute approximate surface area is 90.5 Å². The van der Waals surface area contributed by atoms with Gasteiger partial charge in [0.05, 0.1) is 0 Å². The van der Waals surface area contributed by atoms with Crippen LogP contribution in [0.5, 0.6) is 0 Å². The lowest BCUT2D eigenvalue weighted by Crippen LogP contribution is -2.28. The number of halogens is 1. The van der Waals surface area contributed by atoms with Crippen molar-refractivity contribution in [2.75, 3.05) is 6.54 Å². The lowest BCUT2D eigenvalue weighted by Gasteiger charge is -2.07. The molecule has 0 aliphatic heterocycles. The summed E-state index contributed by atoms with van der Waals surface area (Å²) in [7, 11) is 0. The van der Waals surface area contributed by atoms with Crippen LogP contribution in [-0.4, -0.2) is 17.3 Å². The quantitative estimate of drug-likeness (QED) is 0.830. The fraction of sp³-hybridized carbons (Fsp3) is 0.444. The van der Waals surface area contributed by atoms with Gasteiger partial charge in [-0.25, -0.2) is 0 Å². The van der Waals surface area contributed by atoms with Crippen LogP contribution < -0.4 is 5.32 Å². The minimum atomic E-state index is 0.0131. The summed E-state index contributed by atoms with van der Waals surface area (Å²) < 4.78 is 0. The highest BCUT2D eigenvalue weighted by Gasteiger charge is 2.06. The summed E-state index contributed by atoms with van der Waals surface area (Å²) in [5, 5.41) is 6.61. The molecule has 0 aliphatic rings. The van der Waals surface area contributed by atoms with Gasteiger partial charge < -0.3 is 5.32 Å². The van der Waals surface area contributed by atoms with E-state index in [1.54, 1.807) is 0 Å². The summed E-state index contributed by atoms with van der Waals surface area (Å²) in [4.78, 5) is 11.8. The van der Waals surface area contributed by atoms with Crippen molar-refractivity contribution < 1.29 is 4.79 Å². The summed E-state index contributed by atoms with van der Waals surface area (Å²) >= 11 is 4.99. The van der Waals surface area contributed by atoms with E-state index in [2.05, 4.69) is 28.2 Å². The molecule has 1 heterocycles. The van der Waals surface area contributed by atoms with Crippen LogP contribution in [0.25, 0.3) is 0 Å². The predicted molar refractivity (Wildman–Crippen MR) is 59.7 cm³/mol. The van der Waals surface area contributed by atoms with E-state index in [4.69, 9.17) is 0 Å². The first kappa shape index (κ1) is 10.7. The van der Waals surface area contributed by atoms with Crippen molar-refractivity contribution in [1.29, 1.82) is 0 Å². The van der Waals surface area contributed by atoms with E-state index in [9.17, 15) is 4.79 Å². The molecule has 1 rings (SSSR count). The molecule has 4 heteroatoms. The second kappa shape index (κ2) is 5.40. The summed E-state index contributed by atoms with van der Waals surface area (Å²) in [6.45, 7) is 2.77. The Hall–Kier alpha value is -0.350. The average molecular weight is 262 g/mol. The topological polar surface area (TPSA) is 29.1 Å². The van der Waals surface area contributed by atoms with E-state index in [1.807, 2.05) is 16.8 Å². The molecule has 0 radical (unpaired) electrons. The predicted octanol–water partition coefficient (Wildman–Crippen LogP) is 2.65. The number of amides is 1. The van der Waals surface area contributed by atoms with Gasteiger partial charge in [-0.3, -0.25) is 4.79 Å². The molecule has 0 spiro atoms. The van der Waals surface area contributed by atoms with Crippen molar-refractivity contribution in [3.63, 3.8) is 0 Å². The Morgan fingerprint density at radius 3 is 3.08 bits per heavy atom. The molecule has 13 heavy (non-hydrogen) atoms. The second-order valence-corrected chi connectivity index (χ2v) is 4.80. The van der Waals surface area contributed by atoms with Crippen LogP contribution in [0.3, 0.4) is 0 Å². The highest BCUT2D eigenvalue weighted by molar-refractivity contribution is 9.09. The van der Waals surface area contributed by atoms with Gasteiger partial charge in [0.2, 0.25) is 0 Å². The van der Waals surface area contributed by atoms with Gasteiger partial charge in [-0.2, -0.15) is 11.3 Å². The molecule has 0 aliphatic carbocycles. The zero-order valence-corrected chi connectivity index (χ0v) is 9.82. The number of alkyl halides is 1. The van der Waals surface area contributed by atoms with Crippen molar-refractivity contribution in [1.82, 2.24) is 5.32 Å². The van der Waals surface area contributed by atoms with E-state index in [0.29, 0.717) is 11.4 Å². The number of carbonyl (C=O) groups excluding carboxylic acids is 1. The molecule has 0 fully saturated rings. The first-order valence-electron chi connectivity index (χ1n) is 4.18. The van der Waals surface area contributed by atoms with Crippen LogP contribution in [0.4, 0.5) is 0 Å². The van der Waals surface area contributed by atoms with Crippen molar-refractivity contribution >= 4 is 33.2 Å². The molecule has 1 amide bonds. The zero-order chi connectivity index (χ0) is 9.68. The molecular weight excluding hydrogens is 250 g/mol. The van der Waals surface area contributed by atoms with Gasteiger partial charge in [0.15, 0.2) is 0 Å². The molecule has 1 aromatic rings. The van der Waals surface area contributed by atoms with Crippen molar-refractivity contribution in [3.8, 4) is 0 Å². The number of rotatable bonds is 4. The molecule has 1 unspecified atom stereocenters. The molecular formula is C9H12BrNOS. The highest BCUT2D eigenvalue weighted by atomic mass is 79.9. The fourth-order valence-corrected chi connectivity index (χ4v) is 1.64. The maximum atomic E-state index is 11.4. The Balaban J connectivity index is 2.35. The first-order valence-corrected chi connectivity index (χ1v) is 6.04. The molecule has 1 atom stereocenters. The van der Waals surface area contributed by atoms with Crippen LogP contribution in [0.2, 0.25) is 0 Å². The van der Waals surface area contributed by atoms with Crippen molar-refractivity contribution in [3.05, 3.63) is 22.4 Å². The van der Waals surface area contributed by atoms with Gasteiger partial charge >= 0.3 is 0 Å². The lowest BCUT2D eigenvalue weighted by atomic mass is 10.3. The van der Waals surface area contributed by atoms with Gasteiger partial charge in [0.1, 0.15) is 0 Å². The minimum Gasteiger partial charge on any atom is -0.351 e. The van der Waals surface area contributed by atoms with E-state index in [-0.39, 0.29) is 5.91 Å². The normalized spacial score (nSPS) is 12.5. The first-order chi connectivity index (χ1) is 6.24. The fourth-order valence-electron chi connectivity index (χ4n) is 0.844. The number of hydrogen-bond acceptors (Lipinski definition) is 2. The SMILES string of the molecule is CCC(Br)CNC(=O)c1ccsc1. The Morgan fingerprint density at radius 2 is 2.54 bits per heavy atom. The van der Waals surface area contributed by atoms with Crippen LogP contribution in [0, 0.1) is 0 Å². The van der Waals surface area contributed by atoms with Crippen LogP contribution >= 0.6 is 27.3 Å². The van der Waals surface area contributed by atoms with Crippen LogP contribution in [-0.2, 0) is 0 Å². The van der Waals surface area contributed by atoms with Gasteiger partial charge in [0.25, 0.3) is 5.91 Å². The van der Waals surface area contributed by atoms with Gasteiger partial charge in [0, 0.05) is 22.3 Å². The lowest BCUT2D eigenvalue weighted by molar-refractivity contribution is 0.0954. The van der Waals surface area contributed by atoms with E-state index in [1.165, 1.54) is 11.3 Å². The van der Waals surface area contributed by atoms with Crippen molar-refractivity contribution in [2.24, 2.45) is 0 Å². The number of thiophene rings is 1. The maximum Gasteiger partial charge on any atom is 0.252 e. The summed E-state index contributed by atoms with van der Waals surface area (Å²) in [5.41, 5.74) is 0.751.